The normalized spacial score (nSPS) is 20.3. The van der Waals surface area contributed by atoms with E-state index < -0.39 is 5.92 Å². The number of nitrogens with zero attached hydrogens (tertiary/aromatic N) is 2. The van der Waals surface area contributed by atoms with Crippen molar-refractivity contribution >= 4 is 11.7 Å². The molecule has 1 atom stereocenters. The van der Waals surface area contributed by atoms with E-state index in [1.165, 1.54) is 6.42 Å². The molecule has 0 spiro atoms. The second kappa shape index (κ2) is 6.44. The molecule has 4 N–H and O–H groups in total. The summed E-state index contributed by atoms with van der Waals surface area (Å²) in [6.07, 6.45) is 3.40. The molecule has 98 valence electrons. The van der Waals surface area contributed by atoms with Gasteiger partial charge in [-0.1, -0.05) is 25.4 Å². The molecule has 0 aromatic carbocycles. The zero-order valence-corrected chi connectivity index (χ0v) is 10.5. The maximum Gasteiger partial charge on any atom is 0.245 e. The quantitative estimate of drug-likeness (QED) is 0.290. The largest absolute Gasteiger partial charge is 0.409 e. The van der Waals surface area contributed by atoms with Gasteiger partial charge in [-0.25, -0.2) is 5.01 Å². The van der Waals surface area contributed by atoms with Crippen LogP contribution in [-0.2, 0) is 4.79 Å². The standard InChI is InChI=1S/C11H22N4O2/c1-8(2)9(10(12)14-17)11(16)13-15-6-4-3-5-7-15/h8-9,17H,3-7H2,1-2H3,(H2,12,14)(H,13,16). The Balaban J connectivity index is 2.58. The number of carbonyl (C=O) groups excluding carboxylic acids is 1. The van der Waals surface area contributed by atoms with Crippen molar-refractivity contribution in [2.75, 3.05) is 13.1 Å². The lowest BCUT2D eigenvalue weighted by Gasteiger charge is -2.29. The van der Waals surface area contributed by atoms with Gasteiger partial charge in [-0.2, -0.15) is 0 Å². The lowest BCUT2D eigenvalue weighted by Crippen LogP contribution is -2.50. The molecule has 1 fully saturated rings. The van der Waals surface area contributed by atoms with Crippen LogP contribution in [0.4, 0.5) is 0 Å². The average Bonchev–Trinajstić information content (AvgIpc) is 2.29. The number of hydrogen-bond donors (Lipinski definition) is 3. The predicted octanol–water partition coefficient (Wildman–Crippen LogP) is 0.522. The lowest BCUT2D eigenvalue weighted by atomic mass is 9.94. The summed E-state index contributed by atoms with van der Waals surface area (Å²) >= 11 is 0. The summed E-state index contributed by atoms with van der Waals surface area (Å²) in [6, 6.07) is 0. The van der Waals surface area contributed by atoms with E-state index in [4.69, 9.17) is 10.9 Å². The molecular formula is C11H22N4O2. The van der Waals surface area contributed by atoms with Crippen molar-refractivity contribution in [2.45, 2.75) is 33.1 Å². The maximum absolute atomic E-state index is 12.0. The third-order valence-corrected chi connectivity index (χ3v) is 3.01. The van der Waals surface area contributed by atoms with Crippen LogP contribution in [0.5, 0.6) is 0 Å². The van der Waals surface area contributed by atoms with Gasteiger partial charge in [0, 0.05) is 13.1 Å². The van der Waals surface area contributed by atoms with Crippen LogP contribution in [0, 0.1) is 11.8 Å². The fourth-order valence-electron chi connectivity index (χ4n) is 2.07. The van der Waals surface area contributed by atoms with Gasteiger partial charge in [0.25, 0.3) is 0 Å². The molecule has 0 saturated carbocycles. The Bertz CT molecular complexity index is 285. The summed E-state index contributed by atoms with van der Waals surface area (Å²) < 4.78 is 0. The van der Waals surface area contributed by atoms with Crippen LogP contribution in [0.15, 0.2) is 5.16 Å². The first kappa shape index (κ1) is 13.8. The van der Waals surface area contributed by atoms with Gasteiger partial charge >= 0.3 is 0 Å². The first-order valence-corrected chi connectivity index (χ1v) is 6.09. The monoisotopic (exact) mass is 242 g/mol. The number of piperidine rings is 1. The number of amides is 1. The Morgan fingerprint density at radius 1 is 1.35 bits per heavy atom. The van der Waals surface area contributed by atoms with E-state index in [1.807, 2.05) is 18.9 Å². The van der Waals surface area contributed by atoms with Gasteiger partial charge in [0.1, 0.15) is 5.92 Å². The number of nitrogens with two attached hydrogens (primary N) is 1. The fourth-order valence-corrected chi connectivity index (χ4v) is 2.07. The molecule has 6 heteroatoms. The zero-order chi connectivity index (χ0) is 12.8. The fraction of sp³-hybridized carbons (Fsp3) is 0.818. The van der Waals surface area contributed by atoms with E-state index in [-0.39, 0.29) is 17.7 Å². The van der Waals surface area contributed by atoms with Gasteiger partial charge in [0.05, 0.1) is 0 Å². The number of carbonyl (C=O) groups is 1. The molecule has 1 aliphatic heterocycles. The molecule has 1 rings (SSSR count). The van der Waals surface area contributed by atoms with Crippen LogP contribution in [0.2, 0.25) is 0 Å². The average molecular weight is 242 g/mol. The second-order valence-corrected chi connectivity index (χ2v) is 4.77. The van der Waals surface area contributed by atoms with Crippen molar-refractivity contribution in [3.05, 3.63) is 0 Å². The Hall–Kier alpha value is -1.30. The summed E-state index contributed by atoms with van der Waals surface area (Å²) in [5.41, 5.74) is 8.38. The van der Waals surface area contributed by atoms with Crippen LogP contribution in [0.25, 0.3) is 0 Å². The highest BCUT2D eigenvalue weighted by atomic mass is 16.4. The van der Waals surface area contributed by atoms with Gasteiger partial charge in [-0.15, -0.1) is 0 Å². The van der Waals surface area contributed by atoms with Crippen LogP contribution in [0.3, 0.4) is 0 Å². The van der Waals surface area contributed by atoms with E-state index in [0.29, 0.717) is 0 Å². The van der Waals surface area contributed by atoms with E-state index in [2.05, 4.69) is 10.6 Å². The number of hydrazine groups is 1. The topological polar surface area (TPSA) is 91.0 Å². The molecule has 0 radical (unpaired) electrons. The Kier molecular flexibility index (Phi) is 5.21. The number of oxime groups is 1. The smallest absolute Gasteiger partial charge is 0.245 e. The lowest BCUT2D eigenvalue weighted by molar-refractivity contribution is -0.129. The molecule has 1 unspecified atom stereocenters. The predicted molar refractivity (Wildman–Crippen MR) is 65.3 cm³/mol. The molecule has 0 aromatic heterocycles. The molecule has 0 aromatic rings. The van der Waals surface area contributed by atoms with Crippen LogP contribution in [0.1, 0.15) is 33.1 Å². The third kappa shape index (κ3) is 3.89. The summed E-state index contributed by atoms with van der Waals surface area (Å²) in [6.45, 7) is 5.48. The van der Waals surface area contributed by atoms with E-state index >= 15 is 0 Å². The van der Waals surface area contributed by atoms with E-state index in [0.717, 1.165) is 25.9 Å². The second-order valence-electron chi connectivity index (χ2n) is 4.77. The molecule has 0 bridgehead atoms. The number of hydrogen-bond acceptors (Lipinski definition) is 4. The Morgan fingerprint density at radius 3 is 2.41 bits per heavy atom. The maximum atomic E-state index is 12.0. The van der Waals surface area contributed by atoms with Crippen molar-refractivity contribution in [3.8, 4) is 0 Å². The highest BCUT2D eigenvalue weighted by Crippen LogP contribution is 2.13. The first-order chi connectivity index (χ1) is 8.06. The van der Waals surface area contributed by atoms with Gasteiger partial charge in [-0.05, 0) is 18.8 Å². The molecule has 1 amide bonds. The van der Waals surface area contributed by atoms with Crippen LogP contribution < -0.4 is 11.2 Å². The minimum absolute atomic E-state index is 0.00399. The summed E-state index contributed by atoms with van der Waals surface area (Å²) in [7, 11) is 0. The van der Waals surface area contributed by atoms with Crippen molar-refractivity contribution in [1.29, 1.82) is 0 Å². The highest BCUT2D eigenvalue weighted by molar-refractivity contribution is 6.02. The number of amidine groups is 1. The summed E-state index contributed by atoms with van der Waals surface area (Å²) in [5.74, 6) is -0.815. The van der Waals surface area contributed by atoms with Gasteiger partial charge in [-0.3, -0.25) is 10.2 Å². The van der Waals surface area contributed by atoms with Gasteiger partial charge in [0.15, 0.2) is 5.84 Å². The minimum Gasteiger partial charge on any atom is -0.409 e. The number of rotatable bonds is 4. The van der Waals surface area contributed by atoms with E-state index in [9.17, 15) is 4.79 Å². The van der Waals surface area contributed by atoms with Crippen molar-refractivity contribution in [1.82, 2.24) is 10.4 Å². The molecule has 6 nitrogen and oxygen atoms in total. The number of nitrogens with one attached hydrogen (secondary N) is 1. The summed E-state index contributed by atoms with van der Waals surface area (Å²) in [5, 5.41) is 13.5. The molecule has 1 saturated heterocycles. The van der Waals surface area contributed by atoms with Gasteiger partial charge < -0.3 is 10.9 Å². The van der Waals surface area contributed by atoms with Crippen molar-refractivity contribution in [2.24, 2.45) is 22.7 Å². The van der Waals surface area contributed by atoms with Crippen molar-refractivity contribution in [3.63, 3.8) is 0 Å². The van der Waals surface area contributed by atoms with Crippen LogP contribution in [-0.4, -0.2) is 35.0 Å². The van der Waals surface area contributed by atoms with Crippen LogP contribution >= 0.6 is 0 Å². The molecule has 1 heterocycles. The Morgan fingerprint density at radius 2 is 1.94 bits per heavy atom. The highest BCUT2D eigenvalue weighted by Gasteiger charge is 2.28. The Labute approximate surface area is 102 Å². The molecule has 0 aliphatic carbocycles. The van der Waals surface area contributed by atoms with Gasteiger partial charge in [0.2, 0.25) is 5.91 Å². The summed E-state index contributed by atoms with van der Waals surface area (Å²) in [4.78, 5) is 12.0. The van der Waals surface area contributed by atoms with E-state index in [1.54, 1.807) is 0 Å². The minimum atomic E-state index is -0.582. The zero-order valence-electron chi connectivity index (χ0n) is 10.5. The third-order valence-electron chi connectivity index (χ3n) is 3.01. The SMILES string of the molecule is CC(C)C(C(=O)NN1CCCCC1)C(N)=NO. The molecular weight excluding hydrogens is 220 g/mol. The molecule has 1 aliphatic rings. The first-order valence-electron chi connectivity index (χ1n) is 6.09. The molecule has 17 heavy (non-hydrogen) atoms. The van der Waals surface area contributed by atoms with Crippen molar-refractivity contribution < 1.29 is 10.0 Å².